The standard InChI is InChI=1S/C47H27N3S/c1-3-10-28(11-4-1)32-22-20-29-21-23-33(25-34(29)24-32)46-48-45(31-12-5-2-6-13-31)49-47(50-46)37-18-9-19-41-44(37)40-26-38-35-16-7-14-30-15-8-17-36(43(30)35)39(38)27-42(40)51-41/h1-27H. The molecule has 0 amide bonds. The van der Waals surface area contributed by atoms with Gasteiger partial charge in [-0.1, -0.05) is 133 Å². The number of nitrogens with zero attached hydrogens (tertiary/aromatic N) is 3. The molecule has 0 saturated carbocycles. The van der Waals surface area contributed by atoms with E-state index in [0.29, 0.717) is 17.5 Å². The smallest absolute Gasteiger partial charge is 0.164 e. The average molecular weight is 666 g/mol. The zero-order valence-corrected chi connectivity index (χ0v) is 28.2. The Hall–Kier alpha value is -6.49. The van der Waals surface area contributed by atoms with Gasteiger partial charge >= 0.3 is 0 Å². The van der Waals surface area contributed by atoms with Crippen LogP contribution in [-0.4, -0.2) is 15.0 Å². The molecule has 2 aromatic heterocycles. The van der Waals surface area contributed by atoms with Crippen molar-refractivity contribution in [2.45, 2.75) is 0 Å². The van der Waals surface area contributed by atoms with E-state index in [0.717, 1.165) is 22.1 Å². The Morgan fingerprint density at radius 2 is 0.922 bits per heavy atom. The lowest BCUT2D eigenvalue weighted by atomic mass is 9.99. The van der Waals surface area contributed by atoms with Crippen molar-refractivity contribution < 1.29 is 0 Å². The van der Waals surface area contributed by atoms with Crippen LogP contribution in [0.5, 0.6) is 0 Å². The maximum Gasteiger partial charge on any atom is 0.164 e. The molecule has 0 aliphatic heterocycles. The van der Waals surface area contributed by atoms with Crippen LogP contribution in [0.25, 0.3) is 109 Å². The van der Waals surface area contributed by atoms with Crippen LogP contribution in [0.2, 0.25) is 0 Å². The molecule has 0 fully saturated rings. The summed E-state index contributed by atoms with van der Waals surface area (Å²) in [5.74, 6) is 1.99. The lowest BCUT2D eigenvalue weighted by Gasteiger charge is -2.11. The molecular weight excluding hydrogens is 639 g/mol. The van der Waals surface area contributed by atoms with Crippen molar-refractivity contribution in [2.24, 2.45) is 0 Å². The number of thiophene rings is 1. The second-order valence-electron chi connectivity index (χ2n) is 13.2. The van der Waals surface area contributed by atoms with Crippen molar-refractivity contribution in [3.63, 3.8) is 0 Å². The molecule has 0 bridgehead atoms. The highest BCUT2D eigenvalue weighted by atomic mass is 32.1. The summed E-state index contributed by atoms with van der Waals surface area (Å²) in [7, 11) is 0. The predicted molar refractivity (Wildman–Crippen MR) is 214 cm³/mol. The van der Waals surface area contributed by atoms with Crippen LogP contribution in [0.1, 0.15) is 0 Å². The maximum atomic E-state index is 5.24. The molecule has 2 heterocycles. The van der Waals surface area contributed by atoms with Crippen molar-refractivity contribution in [2.75, 3.05) is 0 Å². The van der Waals surface area contributed by atoms with E-state index in [1.54, 1.807) is 0 Å². The molecule has 11 rings (SSSR count). The molecule has 236 valence electrons. The fraction of sp³-hybridized carbons (Fsp3) is 0. The second-order valence-corrected chi connectivity index (χ2v) is 14.3. The summed E-state index contributed by atoms with van der Waals surface area (Å²) in [6, 6.07) is 58.5. The Balaban J connectivity index is 1.12. The van der Waals surface area contributed by atoms with E-state index in [9.17, 15) is 0 Å². The van der Waals surface area contributed by atoms with Gasteiger partial charge in [0.15, 0.2) is 17.5 Å². The fourth-order valence-electron chi connectivity index (χ4n) is 7.83. The summed E-state index contributed by atoms with van der Waals surface area (Å²) in [6.07, 6.45) is 0. The van der Waals surface area contributed by atoms with Crippen LogP contribution < -0.4 is 0 Å². The van der Waals surface area contributed by atoms with Crippen molar-refractivity contribution in [1.29, 1.82) is 0 Å². The summed E-state index contributed by atoms with van der Waals surface area (Å²) < 4.78 is 2.49. The zero-order chi connectivity index (χ0) is 33.5. The molecule has 10 aromatic rings. The molecule has 0 spiro atoms. The highest BCUT2D eigenvalue weighted by Gasteiger charge is 2.24. The van der Waals surface area contributed by atoms with E-state index >= 15 is 0 Å². The molecule has 0 N–H and O–H groups in total. The SMILES string of the molecule is c1ccc(-c2ccc3ccc(-c4nc(-c5ccccc5)nc(-c5cccc6sc7cc8c(cc7c56)-c5cccc6cccc-8c56)n4)cc3c2)cc1. The Kier molecular flexibility index (Phi) is 6.12. The third-order valence-electron chi connectivity index (χ3n) is 10.2. The van der Waals surface area contributed by atoms with E-state index in [2.05, 4.69) is 146 Å². The van der Waals surface area contributed by atoms with Crippen molar-refractivity contribution in [3.05, 3.63) is 164 Å². The third-order valence-corrected chi connectivity index (χ3v) is 11.4. The minimum absolute atomic E-state index is 0.658. The van der Waals surface area contributed by atoms with Gasteiger partial charge < -0.3 is 0 Å². The predicted octanol–water partition coefficient (Wildman–Crippen LogP) is 12.9. The molecule has 4 heteroatoms. The Bertz CT molecular complexity index is 3010. The number of rotatable bonds is 4. The minimum Gasteiger partial charge on any atom is -0.208 e. The first-order valence-electron chi connectivity index (χ1n) is 17.2. The van der Waals surface area contributed by atoms with Gasteiger partial charge in [-0.05, 0) is 85.3 Å². The molecule has 1 aliphatic rings. The largest absolute Gasteiger partial charge is 0.208 e. The van der Waals surface area contributed by atoms with Gasteiger partial charge in [0.25, 0.3) is 0 Å². The van der Waals surface area contributed by atoms with Crippen LogP contribution in [0.4, 0.5) is 0 Å². The van der Waals surface area contributed by atoms with Gasteiger partial charge in [0.05, 0.1) is 0 Å². The van der Waals surface area contributed by atoms with Crippen molar-refractivity contribution in [1.82, 2.24) is 15.0 Å². The number of hydrogen-bond acceptors (Lipinski definition) is 4. The lowest BCUT2D eigenvalue weighted by Crippen LogP contribution is -2.00. The van der Waals surface area contributed by atoms with Gasteiger partial charge in [-0.2, -0.15) is 0 Å². The number of hydrogen-bond donors (Lipinski definition) is 0. The van der Waals surface area contributed by atoms with Gasteiger partial charge in [-0.3, -0.25) is 0 Å². The first-order valence-corrected chi connectivity index (χ1v) is 18.0. The molecule has 8 aromatic carbocycles. The fourth-order valence-corrected chi connectivity index (χ4v) is 8.99. The van der Waals surface area contributed by atoms with E-state index < -0.39 is 0 Å². The molecule has 0 atom stereocenters. The lowest BCUT2D eigenvalue weighted by molar-refractivity contribution is 1.08. The normalized spacial score (nSPS) is 11.9. The number of fused-ring (bicyclic) bond motifs is 7. The number of benzene rings is 8. The Labute approximate surface area is 298 Å². The molecule has 3 nitrogen and oxygen atoms in total. The molecule has 0 radical (unpaired) electrons. The summed E-state index contributed by atoms with van der Waals surface area (Å²) >= 11 is 1.84. The quantitative estimate of drug-likeness (QED) is 0.188. The van der Waals surface area contributed by atoms with Gasteiger partial charge in [-0.15, -0.1) is 11.3 Å². The first kappa shape index (κ1) is 28.4. The zero-order valence-electron chi connectivity index (χ0n) is 27.3. The topological polar surface area (TPSA) is 38.7 Å². The molecule has 0 unspecified atom stereocenters. The van der Waals surface area contributed by atoms with Gasteiger partial charge in [0.2, 0.25) is 0 Å². The highest BCUT2D eigenvalue weighted by Crippen LogP contribution is 2.51. The van der Waals surface area contributed by atoms with Crippen LogP contribution in [0.15, 0.2) is 164 Å². The second kappa shape index (κ2) is 11.0. The first-order chi connectivity index (χ1) is 25.2. The molecule has 1 aliphatic carbocycles. The van der Waals surface area contributed by atoms with Crippen LogP contribution in [0, 0.1) is 0 Å². The van der Waals surface area contributed by atoms with Crippen LogP contribution in [-0.2, 0) is 0 Å². The summed E-state index contributed by atoms with van der Waals surface area (Å²) in [5.41, 5.74) is 10.5. The summed E-state index contributed by atoms with van der Waals surface area (Å²) in [5, 5.41) is 7.37. The van der Waals surface area contributed by atoms with Crippen LogP contribution >= 0.6 is 11.3 Å². The van der Waals surface area contributed by atoms with E-state index in [4.69, 9.17) is 15.0 Å². The summed E-state index contributed by atoms with van der Waals surface area (Å²) in [4.78, 5) is 15.5. The third kappa shape index (κ3) is 4.47. The van der Waals surface area contributed by atoms with Gasteiger partial charge in [0.1, 0.15) is 0 Å². The monoisotopic (exact) mass is 665 g/mol. The van der Waals surface area contributed by atoms with Gasteiger partial charge in [-0.25, -0.2) is 15.0 Å². The van der Waals surface area contributed by atoms with E-state index in [-0.39, 0.29) is 0 Å². The van der Waals surface area contributed by atoms with E-state index in [1.807, 2.05) is 29.5 Å². The van der Waals surface area contributed by atoms with E-state index in [1.165, 1.54) is 69.7 Å². The molecular formula is C47H27N3S. The Morgan fingerprint density at radius 1 is 0.314 bits per heavy atom. The van der Waals surface area contributed by atoms with Gasteiger partial charge in [0, 0.05) is 36.9 Å². The van der Waals surface area contributed by atoms with Crippen LogP contribution in [0.3, 0.4) is 0 Å². The highest BCUT2D eigenvalue weighted by molar-refractivity contribution is 7.26. The number of aromatic nitrogens is 3. The average Bonchev–Trinajstić information content (AvgIpc) is 3.73. The summed E-state index contributed by atoms with van der Waals surface area (Å²) in [6.45, 7) is 0. The Morgan fingerprint density at radius 3 is 1.69 bits per heavy atom. The van der Waals surface area contributed by atoms with Crippen molar-refractivity contribution in [3.8, 4) is 67.5 Å². The molecule has 0 saturated heterocycles. The molecule has 51 heavy (non-hydrogen) atoms. The minimum atomic E-state index is 0.658. The maximum absolute atomic E-state index is 5.24. The van der Waals surface area contributed by atoms with Crippen molar-refractivity contribution >= 4 is 53.1 Å².